The van der Waals surface area contributed by atoms with E-state index in [-0.39, 0.29) is 11.6 Å². The zero-order valence-electron chi connectivity index (χ0n) is 11.2. The van der Waals surface area contributed by atoms with Crippen molar-refractivity contribution in [3.8, 4) is 0 Å². The van der Waals surface area contributed by atoms with Crippen LogP contribution in [-0.2, 0) is 11.3 Å². The summed E-state index contributed by atoms with van der Waals surface area (Å²) in [5.74, 6) is 0.982. The highest BCUT2D eigenvalue weighted by molar-refractivity contribution is 4.93. The van der Waals surface area contributed by atoms with E-state index in [0.717, 1.165) is 0 Å². The van der Waals surface area contributed by atoms with E-state index >= 15 is 0 Å². The van der Waals surface area contributed by atoms with Crippen LogP contribution in [0.1, 0.15) is 38.5 Å². The molecule has 1 unspecified atom stereocenters. The molecular formula is C11H22N4O2. The summed E-state index contributed by atoms with van der Waals surface area (Å²) in [6.45, 7) is 6.91. The lowest BCUT2D eigenvalue weighted by atomic mass is 10.2. The maximum absolute atomic E-state index is 5.92. The molecule has 17 heavy (non-hydrogen) atoms. The standard InChI is InChI=1S/C11H22N4O2/c1-11(2,3)16-7-9-13-10(14-17-9)8(12)6-15(4)5/h8H,6-7,12H2,1-5H3. The van der Waals surface area contributed by atoms with Gasteiger partial charge >= 0.3 is 0 Å². The first kappa shape index (κ1) is 14.1. The fourth-order valence-electron chi connectivity index (χ4n) is 1.23. The van der Waals surface area contributed by atoms with E-state index < -0.39 is 0 Å². The number of hydrogen-bond donors (Lipinski definition) is 1. The minimum absolute atomic E-state index is 0.222. The normalized spacial score (nSPS) is 14.3. The predicted octanol–water partition coefficient (Wildman–Crippen LogP) is 0.946. The summed E-state index contributed by atoms with van der Waals surface area (Å²) in [7, 11) is 3.90. The van der Waals surface area contributed by atoms with Crippen LogP contribution >= 0.6 is 0 Å². The van der Waals surface area contributed by atoms with Gasteiger partial charge in [0.2, 0.25) is 0 Å². The molecule has 6 heteroatoms. The summed E-state index contributed by atoms with van der Waals surface area (Å²) in [5.41, 5.74) is 5.70. The van der Waals surface area contributed by atoms with Gasteiger partial charge in [0.05, 0.1) is 11.6 Å². The molecule has 0 saturated heterocycles. The molecule has 2 N–H and O–H groups in total. The first-order valence-electron chi connectivity index (χ1n) is 5.64. The van der Waals surface area contributed by atoms with Crippen LogP contribution in [0.15, 0.2) is 4.52 Å². The molecule has 0 aromatic carbocycles. The number of ether oxygens (including phenoxy) is 1. The van der Waals surface area contributed by atoms with Crippen molar-refractivity contribution in [3.63, 3.8) is 0 Å². The van der Waals surface area contributed by atoms with Crippen LogP contribution in [-0.4, -0.2) is 41.3 Å². The van der Waals surface area contributed by atoms with Crippen molar-refractivity contribution in [2.45, 2.75) is 39.0 Å². The van der Waals surface area contributed by atoms with E-state index in [2.05, 4.69) is 10.1 Å². The smallest absolute Gasteiger partial charge is 0.252 e. The third-order valence-electron chi connectivity index (χ3n) is 2.01. The zero-order valence-corrected chi connectivity index (χ0v) is 11.2. The summed E-state index contributed by atoms with van der Waals surface area (Å²) < 4.78 is 10.6. The van der Waals surface area contributed by atoms with Crippen molar-refractivity contribution < 1.29 is 9.26 Å². The van der Waals surface area contributed by atoms with Crippen molar-refractivity contribution in [2.24, 2.45) is 5.73 Å². The van der Waals surface area contributed by atoms with Gasteiger partial charge in [0, 0.05) is 6.54 Å². The van der Waals surface area contributed by atoms with Crippen LogP contribution in [0.2, 0.25) is 0 Å². The van der Waals surface area contributed by atoms with Gasteiger partial charge in [-0.05, 0) is 34.9 Å². The van der Waals surface area contributed by atoms with E-state index in [0.29, 0.717) is 24.9 Å². The number of hydrogen-bond acceptors (Lipinski definition) is 6. The number of aromatic nitrogens is 2. The number of nitrogens with two attached hydrogens (primary N) is 1. The van der Waals surface area contributed by atoms with Gasteiger partial charge in [-0.1, -0.05) is 5.16 Å². The quantitative estimate of drug-likeness (QED) is 0.828. The maximum atomic E-state index is 5.92. The third-order valence-corrected chi connectivity index (χ3v) is 2.01. The molecular weight excluding hydrogens is 220 g/mol. The second-order valence-corrected chi connectivity index (χ2v) is 5.32. The summed E-state index contributed by atoms with van der Waals surface area (Å²) in [6.07, 6.45) is 0. The molecule has 0 aliphatic heterocycles. The molecule has 1 heterocycles. The van der Waals surface area contributed by atoms with Crippen LogP contribution in [0.25, 0.3) is 0 Å². The molecule has 1 rings (SSSR count). The summed E-state index contributed by atoms with van der Waals surface area (Å²) >= 11 is 0. The fourth-order valence-corrected chi connectivity index (χ4v) is 1.23. The number of nitrogens with zero attached hydrogens (tertiary/aromatic N) is 3. The van der Waals surface area contributed by atoms with Crippen molar-refractivity contribution in [3.05, 3.63) is 11.7 Å². The molecule has 0 aliphatic carbocycles. The summed E-state index contributed by atoms with van der Waals surface area (Å²) in [4.78, 5) is 6.19. The summed E-state index contributed by atoms with van der Waals surface area (Å²) in [5, 5.41) is 3.85. The average Bonchev–Trinajstić information content (AvgIpc) is 2.60. The summed E-state index contributed by atoms with van der Waals surface area (Å²) in [6, 6.07) is -0.239. The Hall–Kier alpha value is -0.980. The van der Waals surface area contributed by atoms with Gasteiger partial charge in [0.15, 0.2) is 5.82 Å². The molecule has 1 atom stereocenters. The highest BCUT2D eigenvalue weighted by Crippen LogP contribution is 2.12. The Morgan fingerprint density at radius 1 is 1.41 bits per heavy atom. The average molecular weight is 242 g/mol. The van der Waals surface area contributed by atoms with Crippen LogP contribution in [0, 0.1) is 0 Å². The minimum Gasteiger partial charge on any atom is -0.366 e. The Labute approximate surface area is 102 Å². The zero-order chi connectivity index (χ0) is 13.1. The Kier molecular flexibility index (Phi) is 4.62. The van der Waals surface area contributed by atoms with Crippen LogP contribution in [0.4, 0.5) is 0 Å². The van der Waals surface area contributed by atoms with Crippen molar-refractivity contribution in [2.75, 3.05) is 20.6 Å². The van der Waals surface area contributed by atoms with Crippen LogP contribution < -0.4 is 5.73 Å². The fraction of sp³-hybridized carbons (Fsp3) is 0.818. The molecule has 1 aromatic heterocycles. The van der Waals surface area contributed by atoms with E-state index in [9.17, 15) is 0 Å². The monoisotopic (exact) mass is 242 g/mol. The number of rotatable bonds is 5. The van der Waals surface area contributed by atoms with E-state index in [1.165, 1.54) is 0 Å². The first-order chi connectivity index (χ1) is 7.78. The second-order valence-electron chi connectivity index (χ2n) is 5.32. The van der Waals surface area contributed by atoms with Crippen molar-refractivity contribution in [1.29, 1.82) is 0 Å². The molecule has 0 radical (unpaired) electrons. The lowest BCUT2D eigenvalue weighted by molar-refractivity contribution is -0.0260. The van der Waals surface area contributed by atoms with Crippen molar-refractivity contribution in [1.82, 2.24) is 15.0 Å². The first-order valence-corrected chi connectivity index (χ1v) is 5.64. The second kappa shape index (κ2) is 5.57. The minimum atomic E-state index is -0.239. The molecule has 0 aliphatic rings. The van der Waals surface area contributed by atoms with Crippen LogP contribution in [0.3, 0.4) is 0 Å². The topological polar surface area (TPSA) is 77.4 Å². The van der Waals surface area contributed by atoms with Crippen LogP contribution in [0.5, 0.6) is 0 Å². The van der Waals surface area contributed by atoms with Gasteiger partial charge in [0.25, 0.3) is 5.89 Å². The molecule has 0 spiro atoms. The van der Waals surface area contributed by atoms with E-state index in [1.807, 2.05) is 39.8 Å². The van der Waals surface area contributed by atoms with Gasteiger partial charge in [-0.3, -0.25) is 0 Å². The van der Waals surface area contributed by atoms with Gasteiger partial charge in [-0.15, -0.1) is 0 Å². The molecule has 0 amide bonds. The Bertz CT molecular complexity index is 343. The predicted molar refractivity (Wildman–Crippen MR) is 64.3 cm³/mol. The van der Waals surface area contributed by atoms with E-state index in [1.54, 1.807) is 0 Å². The maximum Gasteiger partial charge on any atom is 0.252 e. The van der Waals surface area contributed by atoms with Gasteiger partial charge < -0.3 is 19.9 Å². The molecule has 98 valence electrons. The molecule has 0 saturated carbocycles. The largest absolute Gasteiger partial charge is 0.366 e. The third kappa shape index (κ3) is 5.25. The molecule has 0 fully saturated rings. The lowest BCUT2D eigenvalue weighted by Crippen LogP contribution is -2.26. The Morgan fingerprint density at radius 3 is 2.59 bits per heavy atom. The Morgan fingerprint density at radius 2 is 2.06 bits per heavy atom. The number of likely N-dealkylation sites (N-methyl/N-ethyl adjacent to an activating group) is 1. The lowest BCUT2D eigenvalue weighted by Gasteiger charge is -2.17. The van der Waals surface area contributed by atoms with Crippen molar-refractivity contribution >= 4 is 0 Å². The SMILES string of the molecule is CN(C)CC(N)c1noc(COC(C)(C)C)n1. The molecule has 6 nitrogen and oxygen atoms in total. The highest BCUT2D eigenvalue weighted by atomic mass is 16.5. The van der Waals surface area contributed by atoms with Gasteiger partial charge in [-0.25, -0.2) is 0 Å². The Balaban J connectivity index is 2.53. The highest BCUT2D eigenvalue weighted by Gasteiger charge is 2.17. The van der Waals surface area contributed by atoms with Gasteiger partial charge in [-0.2, -0.15) is 4.98 Å². The van der Waals surface area contributed by atoms with E-state index in [4.69, 9.17) is 15.0 Å². The molecule has 1 aromatic rings. The molecule has 0 bridgehead atoms. The van der Waals surface area contributed by atoms with Gasteiger partial charge in [0.1, 0.15) is 6.61 Å².